The van der Waals surface area contributed by atoms with Gasteiger partial charge in [0.15, 0.2) is 0 Å². The van der Waals surface area contributed by atoms with Gasteiger partial charge in [-0.15, -0.1) is 0 Å². The van der Waals surface area contributed by atoms with Gasteiger partial charge in [0, 0.05) is 18.1 Å². The minimum Gasteiger partial charge on any atom is -0.478 e. The lowest BCUT2D eigenvalue weighted by molar-refractivity contribution is 0.0696. The molecule has 4 heteroatoms. The lowest BCUT2D eigenvalue weighted by Gasteiger charge is -2.21. The third kappa shape index (κ3) is 2.85. The second kappa shape index (κ2) is 5.16. The number of carboxylic acid groups (broad SMARTS) is 1. The van der Waals surface area contributed by atoms with Crippen LogP contribution in [0.25, 0.3) is 0 Å². The number of benzene rings is 1. The fourth-order valence-electron chi connectivity index (χ4n) is 1.53. The van der Waals surface area contributed by atoms with Crippen LogP contribution >= 0.6 is 15.9 Å². The Morgan fingerprint density at radius 1 is 1.56 bits per heavy atom. The van der Waals surface area contributed by atoms with Crippen LogP contribution in [-0.2, 0) is 0 Å². The Morgan fingerprint density at radius 3 is 2.69 bits per heavy atom. The van der Waals surface area contributed by atoms with E-state index in [9.17, 15) is 4.79 Å². The fourth-order valence-corrected chi connectivity index (χ4v) is 2.06. The van der Waals surface area contributed by atoms with E-state index in [0.29, 0.717) is 16.7 Å². The van der Waals surface area contributed by atoms with Crippen molar-refractivity contribution in [2.75, 3.05) is 18.5 Å². The maximum Gasteiger partial charge on any atom is 0.338 e. The number of hydrogen-bond acceptors (Lipinski definition) is 2. The molecule has 1 N–H and O–H groups in total. The lowest BCUT2D eigenvalue weighted by atomic mass is 10.1. The Bertz CT molecular complexity index is 429. The predicted molar refractivity (Wildman–Crippen MR) is 69.2 cm³/mol. The summed E-state index contributed by atoms with van der Waals surface area (Å²) in [6, 6.07) is 5.33. The van der Waals surface area contributed by atoms with Crippen LogP contribution in [0.3, 0.4) is 0 Å². The Kier molecular flexibility index (Phi) is 4.12. The highest BCUT2D eigenvalue weighted by Gasteiger charge is 2.16. The Labute approximate surface area is 104 Å². The van der Waals surface area contributed by atoms with E-state index in [1.165, 1.54) is 0 Å². The second-order valence-electron chi connectivity index (χ2n) is 3.75. The molecule has 0 aliphatic rings. The third-order valence-corrected chi connectivity index (χ3v) is 2.78. The van der Waals surface area contributed by atoms with E-state index in [1.807, 2.05) is 24.9 Å². The van der Waals surface area contributed by atoms with Crippen molar-refractivity contribution >= 4 is 27.6 Å². The first-order chi connectivity index (χ1) is 7.43. The Balaban J connectivity index is 3.17. The fraction of sp³-hybridized carbons (Fsp3) is 0.250. The molecule has 0 spiro atoms. The van der Waals surface area contributed by atoms with Crippen LogP contribution in [0.5, 0.6) is 0 Å². The number of carbonyl (C=O) groups is 1. The first kappa shape index (κ1) is 12.8. The molecule has 0 amide bonds. The smallest absolute Gasteiger partial charge is 0.338 e. The molecule has 0 saturated heterocycles. The van der Waals surface area contributed by atoms with E-state index in [1.54, 1.807) is 12.1 Å². The SMILES string of the molecule is C=C(C)CN(C)c1cccc(Br)c1C(=O)O. The van der Waals surface area contributed by atoms with Crippen LogP contribution in [0.4, 0.5) is 5.69 Å². The molecule has 0 aliphatic heterocycles. The van der Waals surface area contributed by atoms with Crippen LogP contribution in [0.1, 0.15) is 17.3 Å². The van der Waals surface area contributed by atoms with Gasteiger partial charge in [-0.25, -0.2) is 4.79 Å². The number of aromatic carboxylic acids is 1. The van der Waals surface area contributed by atoms with E-state index in [-0.39, 0.29) is 5.56 Å². The minimum atomic E-state index is -0.934. The molecule has 0 aliphatic carbocycles. The average molecular weight is 284 g/mol. The topological polar surface area (TPSA) is 40.5 Å². The van der Waals surface area contributed by atoms with Crippen LogP contribution in [0.2, 0.25) is 0 Å². The molecule has 0 atom stereocenters. The zero-order valence-electron chi connectivity index (χ0n) is 9.33. The molecular weight excluding hydrogens is 270 g/mol. The average Bonchev–Trinajstić information content (AvgIpc) is 2.15. The van der Waals surface area contributed by atoms with Gasteiger partial charge in [-0.1, -0.05) is 18.2 Å². The van der Waals surface area contributed by atoms with Gasteiger partial charge in [-0.3, -0.25) is 0 Å². The van der Waals surface area contributed by atoms with Gasteiger partial charge in [0.2, 0.25) is 0 Å². The lowest BCUT2D eigenvalue weighted by Crippen LogP contribution is -2.21. The normalized spacial score (nSPS) is 9.94. The third-order valence-electron chi connectivity index (χ3n) is 2.12. The number of anilines is 1. The summed E-state index contributed by atoms with van der Waals surface area (Å²) in [7, 11) is 1.85. The maximum absolute atomic E-state index is 11.2. The summed E-state index contributed by atoms with van der Waals surface area (Å²) in [6.07, 6.45) is 0. The minimum absolute atomic E-state index is 0.284. The molecule has 0 fully saturated rings. The molecule has 0 heterocycles. The number of carboxylic acids is 1. The standard InChI is InChI=1S/C12H14BrNO2/c1-8(2)7-14(3)10-6-4-5-9(13)11(10)12(15)16/h4-6H,1,7H2,2-3H3,(H,15,16). The van der Waals surface area contributed by atoms with Crippen LogP contribution in [0, 0.1) is 0 Å². The van der Waals surface area contributed by atoms with Crippen molar-refractivity contribution in [3.8, 4) is 0 Å². The molecule has 0 aromatic heterocycles. The maximum atomic E-state index is 11.2. The molecule has 0 radical (unpaired) electrons. The molecule has 0 saturated carbocycles. The van der Waals surface area contributed by atoms with Gasteiger partial charge in [-0.2, -0.15) is 0 Å². The van der Waals surface area contributed by atoms with Gasteiger partial charge in [0.25, 0.3) is 0 Å². The summed E-state index contributed by atoms with van der Waals surface area (Å²) in [5.41, 5.74) is 1.95. The van der Waals surface area contributed by atoms with E-state index in [0.717, 1.165) is 5.57 Å². The first-order valence-corrected chi connectivity index (χ1v) is 5.60. The second-order valence-corrected chi connectivity index (χ2v) is 4.61. The zero-order chi connectivity index (χ0) is 12.3. The summed E-state index contributed by atoms with van der Waals surface area (Å²) >= 11 is 3.25. The van der Waals surface area contributed by atoms with Gasteiger partial charge in [0.1, 0.15) is 0 Å². The van der Waals surface area contributed by atoms with Crippen molar-refractivity contribution in [3.63, 3.8) is 0 Å². The molecule has 1 aromatic carbocycles. The molecule has 1 rings (SSSR count). The summed E-state index contributed by atoms with van der Waals surface area (Å²) in [4.78, 5) is 13.0. The number of rotatable bonds is 4. The van der Waals surface area contributed by atoms with Crippen LogP contribution < -0.4 is 4.90 Å². The predicted octanol–water partition coefficient (Wildman–Crippen LogP) is 3.16. The zero-order valence-corrected chi connectivity index (χ0v) is 10.9. The van der Waals surface area contributed by atoms with E-state index in [4.69, 9.17) is 5.11 Å². The van der Waals surface area contributed by atoms with E-state index >= 15 is 0 Å². The Morgan fingerprint density at radius 2 is 2.19 bits per heavy atom. The number of halogens is 1. The molecule has 0 unspecified atom stereocenters. The highest BCUT2D eigenvalue weighted by Crippen LogP contribution is 2.27. The largest absolute Gasteiger partial charge is 0.478 e. The molecule has 86 valence electrons. The highest BCUT2D eigenvalue weighted by atomic mass is 79.9. The van der Waals surface area contributed by atoms with E-state index in [2.05, 4.69) is 22.5 Å². The van der Waals surface area contributed by atoms with Gasteiger partial charge >= 0.3 is 5.97 Å². The summed E-state index contributed by atoms with van der Waals surface area (Å²) in [5, 5.41) is 9.15. The summed E-state index contributed by atoms with van der Waals surface area (Å²) in [6.45, 7) is 6.36. The van der Waals surface area contributed by atoms with Crippen molar-refractivity contribution < 1.29 is 9.90 Å². The highest BCUT2D eigenvalue weighted by molar-refractivity contribution is 9.10. The molecule has 0 bridgehead atoms. The van der Waals surface area contributed by atoms with Crippen LogP contribution in [0.15, 0.2) is 34.8 Å². The van der Waals surface area contributed by atoms with Gasteiger partial charge in [0.05, 0.1) is 11.3 Å². The van der Waals surface area contributed by atoms with Crippen molar-refractivity contribution in [2.24, 2.45) is 0 Å². The number of nitrogens with zero attached hydrogens (tertiary/aromatic N) is 1. The molecule has 16 heavy (non-hydrogen) atoms. The van der Waals surface area contributed by atoms with E-state index < -0.39 is 5.97 Å². The first-order valence-electron chi connectivity index (χ1n) is 4.80. The van der Waals surface area contributed by atoms with Gasteiger partial charge in [-0.05, 0) is 35.0 Å². The quantitative estimate of drug-likeness (QED) is 0.863. The number of likely N-dealkylation sites (N-methyl/N-ethyl adjacent to an activating group) is 1. The van der Waals surface area contributed by atoms with Crippen molar-refractivity contribution in [1.29, 1.82) is 0 Å². The molecule has 1 aromatic rings. The monoisotopic (exact) mass is 283 g/mol. The van der Waals surface area contributed by atoms with Crippen molar-refractivity contribution in [3.05, 3.63) is 40.4 Å². The Hall–Kier alpha value is -1.29. The molecular formula is C12H14BrNO2. The number of hydrogen-bond donors (Lipinski definition) is 1. The van der Waals surface area contributed by atoms with Gasteiger partial charge < -0.3 is 10.0 Å². The summed E-state index contributed by atoms with van der Waals surface area (Å²) in [5.74, 6) is -0.934. The van der Waals surface area contributed by atoms with Crippen molar-refractivity contribution in [1.82, 2.24) is 0 Å². The van der Waals surface area contributed by atoms with Crippen molar-refractivity contribution in [2.45, 2.75) is 6.92 Å². The summed E-state index contributed by atoms with van der Waals surface area (Å²) < 4.78 is 0.589. The molecule has 3 nitrogen and oxygen atoms in total. The van der Waals surface area contributed by atoms with Crippen LogP contribution in [-0.4, -0.2) is 24.7 Å².